The third-order valence-corrected chi connectivity index (χ3v) is 2.06. The van der Waals surface area contributed by atoms with Crippen molar-refractivity contribution in [2.24, 2.45) is 0 Å². The molecular weight excluding hydrogens is 152 g/mol. The highest BCUT2D eigenvalue weighted by Gasteiger charge is 2.20. The van der Waals surface area contributed by atoms with Crippen molar-refractivity contribution in [1.29, 1.82) is 0 Å². The second kappa shape index (κ2) is 4.43. The first-order valence-electron chi connectivity index (χ1n) is 4.39. The van der Waals surface area contributed by atoms with Crippen LogP contribution in [0, 0.1) is 0 Å². The smallest absolute Gasteiger partial charge is 0.0602 e. The van der Waals surface area contributed by atoms with E-state index >= 15 is 0 Å². The lowest BCUT2D eigenvalue weighted by atomic mass is 9.90. The van der Waals surface area contributed by atoms with Crippen molar-refractivity contribution < 1.29 is 10.2 Å². The number of aliphatic hydroxyl groups is 2. The van der Waals surface area contributed by atoms with E-state index in [9.17, 15) is 10.2 Å². The van der Waals surface area contributed by atoms with Crippen LogP contribution in [-0.2, 0) is 0 Å². The van der Waals surface area contributed by atoms with Crippen molar-refractivity contribution in [1.82, 2.24) is 0 Å². The fourth-order valence-electron chi connectivity index (χ4n) is 1.54. The molecular formula is C10H16O2. The van der Waals surface area contributed by atoms with Gasteiger partial charge in [0.15, 0.2) is 0 Å². The maximum Gasteiger partial charge on any atom is 0.0602 e. The summed E-state index contributed by atoms with van der Waals surface area (Å²) in [6.07, 6.45) is 7.10. The van der Waals surface area contributed by atoms with Crippen LogP contribution in [0.1, 0.15) is 26.2 Å². The molecule has 0 spiro atoms. The molecule has 2 heteroatoms. The molecule has 0 saturated heterocycles. The molecule has 0 aromatic carbocycles. The van der Waals surface area contributed by atoms with E-state index in [0.29, 0.717) is 19.3 Å². The van der Waals surface area contributed by atoms with Crippen LogP contribution in [0.3, 0.4) is 0 Å². The van der Waals surface area contributed by atoms with Gasteiger partial charge >= 0.3 is 0 Å². The number of rotatable bonds is 1. The second-order valence-corrected chi connectivity index (χ2v) is 3.30. The SMILES string of the molecule is C/C=C/C=C1C[C@@H](O)C[C@H](O)C1. The minimum atomic E-state index is -0.356. The zero-order valence-corrected chi connectivity index (χ0v) is 7.40. The van der Waals surface area contributed by atoms with Gasteiger partial charge in [0.2, 0.25) is 0 Å². The molecule has 1 saturated carbocycles. The lowest BCUT2D eigenvalue weighted by molar-refractivity contribution is 0.0610. The number of hydrogen-bond acceptors (Lipinski definition) is 2. The lowest BCUT2D eigenvalue weighted by Crippen LogP contribution is -2.24. The largest absolute Gasteiger partial charge is 0.393 e. The van der Waals surface area contributed by atoms with E-state index in [1.165, 1.54) is 0 Å². The van der Waals surface area contributed by atoms with Crippen LogP contribution in [0.4, 0.5) is 0 Å². The van der Waals surface area contributed by atoms with E-state index in [4.69, 9.17) is 0 Å². The maximum atomic E-state index is 9.32. The highest BCUT2D eigenvalue weighted by Crippen LogP contribution is 2.23. The molecule has 2 N–H and O–H groups in total. The Balaban J connectivity index is 2.54. The fraction of sp³-hybridized carbons (Fsp3) is 0.600. The molecule has 1 rings (SSSR count). The lowest BCUT2D eigenvalue weighted by Gasteiger charge is -2.24. The highest BCUT2D eigenvalue weighted by atomic mass is 16.3. The quantitative estimate of drug-likeness (QED) is 0.621. The molecule has 0 aromatic rings. The van der Waals surface area contributed by atoms with Gasteiger partial charge in [0.25, 0.3) is 0 Å². The van der Waals surface area contributed by atoms with Gasteiger partial charge in [-0.2, -0.15) is 0 Å². The molecule has 0 unspecified atom stereocenters. The van der Waals surface area contributed by atoms with E-state index < -0.39 is 0 Å². The third-order valence-electron chi connectivity index (χ3n) is 2.06. The van der Waals surface area contributed by atoms with Gasteiger partial charge in [0.1, 0.15) is 0 Å². The Kier molecular flexibility index (Phi) is 3.50. The van der Waals surface area contributed by atoms with Gasteiger partial charge in [-0.3, -0.25) is 0 Å². The molecule has 0 aliphatic heterocycles. The van der Waals surface area contributed by atoms with E-state index in [-0.39, 0.29) is 12.2 Å². The van der Waals surface area contributed by atoms with Crippen molar-refractivity contribution in [3.63, 3.8) is 0 Å². The summed E-state index contributed by atoms with van der Waals surface area (Å²) in [6.45, 7) is 1.95. The summed E-state index contributed by atoms with van der Waals surface area (Å²) in [5.41, 5.74) is 1.14. The summed E-state index contributed by atoms with van der Waals surface area (Å²) in [4.78, 5) is 0. The van der Waals surface area contributed by atoms with Crippen molar-refractivity contribution in [3.8, 4) is 0 Å². The Hall–Kier alpha value is -0.600. The van der Waals surface area contributed by atoms with Gasteiger partial charge in [0, 0.05) is 0 Å². The number of aliphatic hydroxyl groups excluding tert-OH is 2. The van der Waals surface area contributed by atoms with Crippen LogP contribution in [0.15, 0.2) is 23.8 Å². The Labute approximate surface area is 73.2 Å². The third kappa shape index (κ3) is 2.80. The van der Waals surface area contributed by atoms with Gasteiger partial charge in [0.05, 0.1) is 12.2 Å². The Morgan fingerprint density at radius 3 is 2.33 bits per heavy atom. The van der Waals surface area contributed by atoms with Crippen molar-refractivity contribution in [2.75, 3.05) is 0 Å². The predicted octanol–water partition coefficient (Wildman–Crippen LogP) is 1.39. The number of allylic oxidation sites excluding steroid dienone is 3. The topological polar surface area (TPSA) is 40.5 Å². The highest BCUT2D eigenvalue weighted by molar-refractivity contribution is 5.15. The Morgan fingerprint density at radius 1 is 1.25 bits per heavy atom. The normalized spacial score (nSPS) is 31.1. The van der Waals surface area contributed by atoms with Gasteiger partial charge in [-0.1, -0.05) is 23.8 Å². The number of hydrogen-bond donors (Lipinski definition) is 2. The zero-order chi connectivity index (χ0) is 8.97. The molecule has 0 heterocycles. The fourth-order valence-corrected chi connectivity index (χ4v) is 1.54. The summed E-state index contributed by atoms with van der Waals surface area (Å²) in [7, 11) is 0. The standard InChI is InChI=1S/C10H16O2/c1-2-3-4-8-5-9(11)7-10(12)6-8/h2-4,9-12H,5-7H2,1H3/b3-2+/t9-,10-/m1/s1. The summed E-state index contributed by atoms with van der Waals surface area (Å²) >= 11 is 0. The monoisotopic (exact) mass is 168 g/mol. The molecule has 1 aliphatic rings. The summed E-state index contributed by atoms with van der Waals surface area (Å²) in [6, 6.07) is 0. The first kappa shape index (κ1) is 9.49. The minimum absolute atomic E-state index is 0.356. The molecule has 0 amide bonds. The minimum Gasteiger partial charge on any atom is -0.393 e. The van der Waals surface area contributed by atoms with E-state index in [0.717, 1.165) is 5.57 Å². The van der Waals surface area contributed by atoms with Gasteiger partial charge in [-0.25, -0.2) is 0 Å². The predicted molar refractivity (Wildman–Crippen MR) is 48.8 cm³/mol. The van der Waals surface area contributed by atoms with Gasteiger partial charge < -0.3 is 10.2 Å². The average molecular weight is 168 g/mol. The molecule has 1 aliphatic carbocycles. The van der Waals surface area contributed by atoms with Gasteiger partial charge in [-0.05, 0) is 26.2 Å². The maximum absolute atomic E-state index is 9.32. The van der Waals surface area contributed by atoms with Crippen molar-refractivity contribution in [2.45, 2.75) is 38.4 Å². The van der Waals surface area contributed by atoms with E-state index in [2.05, 4.69) is 0 Å². The molecule has 0 radical (unpaired) electrons. The van der Waals surface area contributed by atoms with E-state index in [1.807, 2.05) is 25.2 Å². The zero-order valence-electron chi connectivity index (χ0n) is 7.40. The molecule has 1 fully saturated rings. The molecule has 0 bridgehead atoms. The summed E-state index contributed by atoms with van der Waals surface area (Å²) < 4.78 is 0. The van der Waals surface area contributed by atoms with E-state index in [1.54, 1.807) is 0 Å². The first-order chi connectivity index (χ1) is 5.72. The Morgan fingerprint density at radius 2 is 1.83 bits per heavy atom. The van der Waals surface area contributed by atoms with Crippen LogP contribution in [-0.4, -0.2) is 22.4 Å². The molecule has 12 heavy (non-hydrogen) atoms. The summed E-state index contributed by atoms with van der Waals surface area (Å²) in [5.74, 6) is 0. The average Bonchev–Trinajstić information content (AvgIpc) is 1.99. The molecule has 68 valence electrons. The molecule has 2 nitrogen and oxygen atoms in total. The van der Waals surface area contributed by atoms with Crippen LogP contribution in [0.5, 0.6) is 0 Å². The van der Waals surface area contributed by atoms with Crippen molar-refractivity contribution >= 4 is 0 Å². The van der Waals surface area contributed by atoms with Crippen LogP contribution in [0.25, 0.3) is 0 Å². The van der Waals surface area contributed by atoms with Crippen molar-refractivity contribution in [3.05, 3.63) is 23.8 Å². The van der Waals surface area contributed by atoms with Gasteiger partial charge in [-0.15, -0.1) is 0 Å². The van der Waals surface area contributed by atoms with Crippen LogP contribution >= 0.6 is 0 Å². The first-order valence-corrected chi connectivity index (χ1v) is 4.39. The second-order valence-electron chi connectivity index (χ2n) is 3.30. The summed E-state index contributed by atoms with van der Waals surface area (Å²) in [5, 5.41) is 18.6. The molecule has 0 aromatic heterocycles. The van der Waals surface area contributed by atoms with Crippen LogP contribution < -0.4 is 0 Å². The molecule has 2 atom stereocenters. The van der Waals surface area contributed by atoms with Crippen LogP contribution in [0.2, 0.25) is 0 Å². The Bertz CT molecular complexity index is 182.